The van der Waals surface area contributed by atoms with Gasteiger partial charge in [-0.15, -0.1) is 16.9 Å². The number of β-lactam (4-membered cyclic amide) rings is 1. The molecule has 0 saturated carbocycles. The van der Waals surface area contributed by atoms with E-state index in [1.54, 1.807) is 25.3 Å². The summed E-state index contributed by atoms with van der Waals surface area (Å²) in [5, 5.41) is 10.1. The van der Waals surface area contributed by atoms with Gasteiger partial charge in [-0.05, 0) is 42.0 Å². The first-order valence-electron chi connectivity index (χ1n) is 15.9. The molecule has 0 radical (unpaired) electrons. The molecule has 3 aromatic rings. The van der Waals surface area contributed by atoms with E-state index < -0.39 is 54.6 Å². The van der Waals surface area contributed by atoms with E-state index in [0.717, 1.165) is 27.5 Å². The molecular weight excluding hydrogens is 721 g/mol. The van der Waals surface area contributed by atoms with Crippen LogP contribution < -0.4 is 16.2 Å². The second kappa shape index (κ2) is 17.6. The Morgan fingerprint density at radius 1 is 1.04 bits per heavy atom. The smallest absolute Gasteiger partial charge is 0.406 e. The highest BCUT2D eigenvalue weighted by molar-refractivity contribution is 8.02. The van der Waals surface area contributed by atoms with Crippen LogP contribution in [0.4, 0.5) is 0 Å². The number of H-pyrrole nitrogens is 1. The van der Waals surface area contributed by atoms with Gasteiger partial charge in [0.1, 0.15) is 17.1 Å². The van der Waals surface area contributed by atoms with Crippen LogP contribution in [0.2, 0.25) is 0 Å². The molecule has 2 aliphatic rings. The Balaban J connectivity index is 1.50. The molecule has 2 N–H and O–H groups in total. The van der Waals surface area contributed by atoms with Gasteiger partial charge < -0.3 is 14.2 Å². The average Bonchev–Trinajstić information content (AvgIpc) is 3.14. The minimum absolute atomic E-state index is 0.00353. The number of rotatable bonds is 17. The molecule has 0 aliphatic carbocycles. The number of nitrogens with zero attached hydrogens (tertiary/aromatic N) is 3. The van der Waals surface area contributed by atoms with E-state index in [-0.39, 0.29) is 36.4 Å². The molecule has 1 aromatic heterocycles. The number of nitrogens with one attached hydrogen (secondary N) is 2. The summed E-state index contributed by atoms with van der Waals surface area (Å²) >= 11 is 2.34. The van der Waals surface area contributed by atoms with Crippen molar-refractivity contribution in [2.45, 2.75) is 49.4 Å². The van der Waals surface area contributed by atoms with E-state index in [2.05, 4.69) is 15.3 Å². The molecule has 0 spiro atoms. The third kappa shape index (κ3) is 8.81. The number of aromatic nitrogens is 3. The summed E-state index contributed by atoms with van der Waals surface area (Å²) < 4.78 is 41.8. The van der Waals surface area contributed by atoms with Crippen LogP contribution in [0, 0.1) is 0 Å². The third-order valence-corrected chi connectivity index (χ3v) is 11.6. The van der Waals surface area contributed by atoms with Crippen molar-refractivity contribution in [3.63, 3.8) is 0 Å². The van der Waals surface area contributed by atoms with Crippen molar-refractivity contribution in [2.24, 2.45) is 0 Å². The molecule has 1 fully saturated rings. The van der Waals surface area contributed by atoms with Crippen LogP contribution in [-0.4, -0.2) is 82.4 Å². The second-order valence-electron chi connectivity index (χ2n) is 10.9. The number of aromatic amines is 1. The monoisotopic (exact) mass is 759 g/mol. The van der Waals surface area contributed by atoms with Gasteiger partial charge in [-0.1, -0.05) is 72.4 Å². The number of esters is 1. The predicted octanol–water partition coefficient (Wildman–Crippen LogP) is 3.80. The van der Waals surface area contributed by atoms with Crippen LogP contribution in [0.3, 0.4) is 0 Å². The van der Waals surface area contributed by atoms with E-state index in [9.17, 15) is 23.7 Å². The lowest BCUT2D eigenvalue weighted by Gasteiger charge is -2.50. The highest BCUT2D eigenvalue weighted by atomic mass is 32.2. The molecule has 0 bridgehead atoms. The van der Waals surface area contributed by atoms with Crippen molar-refractivity contribution < 1.29 is 37.4 Å². The van der Waals surface area contributed by atoms with Crippen LogP contribution in [0.25, 0.3) is 0 Å². The van der Waals surface area contributed by atoms with Crippen molar-refractivity contribution in [1.29, 1.82) is 0 Å². The zero-order chi connectivity index (χ0) is 36.5. The van der Waals surface area contributed by atoms with E-state index in [1.165, 1.54) is 30.9 Å². The van der Waals surface area contributed by atoms with Crippen LogP contribution in [-0.2, 0) is 44.0 Å². The van der Waals surface area contributed by atoms with Gasteiger partial charge in [0.05, 0.1) is 19.8 Å². The van der Waals surface area contributed by atoms with Gasteiger partial charge in [-0.3, -0.25) is 32.9 Å². The van der Waals surface area contributed by atoms with Gasteiger partial charge >= 0.3 is 24.8 Å². The lowest BCUT2D eigenvalue weighted by molar-refractivity contribution is -0.153. The number of carbonyl (C=O) groups excluding carboxylic acids is 2. The molecule has 15 nitrogen and oxygen atoms in total. The van der Waals surface area contributed by atoms with Gasteiger partial charge in [0.2, 0.25) is 5.91 Å². The summed E-state index contributed by atoms with van der Waals surface area (Å²) in [6.45, 7) is 3.40. The molecule has 5 rings (SSSR count). The molecule has 2 atom stereocenters. The first kappa shape index (κ1) is 38.4. The van der Waals surface area contributed by atoms with Crippen LogP contribution in [0.15, 0.2) is 98.2 Å². The van der Waals surface area contributed by atoms with Crippen molar-refractivity contribution in [1.82, 2.24) is 24.8 Å². The fourth-order valence-corrected chi connectivity index (χ4v) is 9.01. The van der Waals surface area contributed by atoms with Gasteiger partial charge in [-0.25, -0.2) is 19.5 Å². The molecule has 51 heavy (non-hydrogen) atoms. The zero-order valence-corrected chi connectivity index (χ0v) is 30.8. The van der Waals surface area contributed by atoms with Crippen molar-refractivity contribution >= 4 is 43.1 Å². The van der Waals surface area contributed by atoms with Crippen LogP contribution in [0.1, 0.15) is 31.1 Å². The molecule has 1 saturated heterocycles. The van der Waals surface area contributed by atoms with E-state index in [0.29, 0.717) is 5.57 Å². The number of hydrogen-bond donors (Lipinski definition) is 2. The first-order valence-corrected chi connectivity index (χ1v) is 19.4. The summed E-state index contributed by atoms with van der Waals surface area (Å²) in [4.78, 5) is 54.2. The molecule has 18 heteroatoms. The number of ether oxygens (including phenoxy) is 3. The normalized spacial score (nSPS) is 17.7. The number of carbonyl (C=O) groups is 2. The minimum Gasteiger partial charge on any atom is -0.448 e. The van der Waals surface area contributed by atoms with E-state index in [1.807, 2.05) is 60.7 Å². The highest BCUT2D eigenvalue weighted by Gasteiger charge is 2.56. The SMILES string of the molecule is CCOP(=O)(NC1C(=O)N2C(C(=O)OC(c3ccccc3)c3ccccc3)=C(C=CSc3n[nH]c(=O)c(=O)n3CC(OC)OC)CSC12)OCC. The number of hydrogen-bond acceptors (Lipinski definition) is 13. The zero-order valence-electron chi connectivity index (χ0n) is 28.3. The van der Waals surface area contributed by atoms with Crippen LogP contribution in [0.5, 0.6) is 0 Å². The topological polar surface area (TPSA) is 180 Å². The summed E-state index contributed by atoms with van der Waals surface area (Å²) in [7, 11) is -1.02. The molecule has 3 heterocycles. The molecule has 272 valence electrons. The maximum Gasteiger partial charge on any atom is 0.406 e. The fraction of sp³-hybridized carbons (Fsp3) is 0.364. The van der Waals surface area contributed by atoms with Crippen molar-refractivity contribution in [3.8, 4) is 0 Å². The number of allylic oxidation sites excluding steroid dienone is 1. The predicted molar refractivity (Wildman–Crippen MR) is 191 cm³/mol. The maximum absolute atomic E-state index is 14.3. The number of fused-ring (bicyclic) bond motifs is 1. The minimum atomic E-state index is -3.82. The van der Waals surface area contributed by atoms with Gasteiger partial charge in [0, 0.05) is 20.0 Å². The summed E-state index contributed by atoms with van der Waals surface area (Å²) in [6.07, 6.45) is -0.00157. The standard InChI is InChI=1S/C33H38N5O10PS2/c1-5-46-49(43,47-6-2)36-25-29(40)38-26(32(42)48-27(21-13-9-7-10-14-21)22-15-11-8-12-16-22)23(20-51-31(25)38)17-18-50-33-35-34-28(39)30(41)37(33)19-24(44-3)45-4/h7-18,24-25,27,31H,5-6,19-20H2,1-4H3,(H,34,39)(H,36,43). The quantitative estimate of drug-likeness (QED) is 0.0507. The molecular formula is C33H38N5O10PS2. The molecule has 2 aromatic carbocycles. The lowest BCUT2D eigenvalue weighted by atomic mass is 10.0. The van der Waals surface area contributed by atoms with Gasteiger partial charge in [-0.2, -0.15) is 0 Å². The first-order chi connectivity index (χ1) is 24.6. The maximum atomic E-state index is 14.3. The summed E-state index contributed by atoms with van der Waals surface area (Å²) in [6, 6.07) is 17.5. The number of thioether (sulfide) groups is 2. The highest BCUT2D eigenvalue weighted by Crippen LogP contribution is 2.49. The second-order valence-corrected chi connectivity index (χ2v) is 14.7. The summed E-state index contributed by atoms with van der Waals surface area (Å²) in [5.41, 5.74) is 0.133. The Morgan fingerprint density at radius 3 is 2.22 bits per heavy atom. The Morgan fingerprint density at radius 2 is 1.65 bits per heavy atom. The summed E-state index contributed by atoms with van der Waals surface area (Å²) in [5.74, 6) is -1.02. The van der Waals surface area contributed by atoms with E-state index in [4.69, 9.17) is 23.3 Å². The molecule has 2 unspecified atom stereocenters. The van der Waals surface area contributed by atoms with Crippen LogP contribution >= 0.6 is 31.3 Å². The number of methoxy groups -OCH3 is 2. The van der Waals surface area contributed by atoms with Gasteiger partial charge in [0.25, 0.3) is 0 Å². The fourth-order valence-electron chi connectivity index (χ4n) is 5.35. The van der Waals surface area contributed by atoms with E-state index >= 15 is 0 Å². The average molecular weight is 760 g/mol. The molecule has 1 amide bonds. The van der Waals surface area contributed by atoms with Gasteiger partial charge in [0.15, 0.2) is 17.6 Å². The Kier molecular flexibility index (Phi) is 13.3. The van der Waals surface area contributed by atoms with Crippen molar-refractivity contribution in [3.05, 3.63) is 115 Å². The number of benzene rings is 2. The third-order valence-electron chi connectivity index (χ3n) is 7.74. The number of amides is 1. The molecule has 2 aliphatic heterocycles. The Labute approximate surface area is 302 Å². The lowest BCUT2D eigenvalue weighted by Crippen LogP contribution is -2.69. The Hall–Kier alpha value is -3.80. The largest absolute Gasteiger partial charge is 0.448 e. The van der Waals surface area contributed by atoms with Crippen molar-refractivity contribution in [2.75, 3.05) is 33.2 Å². The Bertz CT molecular complexity index is 1870.